The van der Waals surface area contributed by atoms with Gasteiger partial charge in [-0.15, -0.1) is 0 Å². The number of ketones is 1. The van der Waals surface area contributed by atoms with Gasteiger partial charge in [0, 0.05) is 25.0 Å². The van der Waals surface area contributed by atoms with Crippen LogP contribution in [0.15, 0.2) is 152 Å². The number of nitrogens with one attached hydrogen (secondary N) is 1. The summed E-state index contributed by atoms with van der Waals surface area (Å²) in [5.41, 5.74) is 7.14. The molecule has 8 heteroatoms. The van der Waals surface area contributed by atoms with Crippen LogP contribution in [0, 0.1) is 0 Å². The molecule has 0 saturated heterocycles. The van der Waals surface area contributed by atoms with E-state index in [0.717, 1.165) is 38.9 Å². The number of carbonyl (C=O) groups is 3. The molecule has 0 bridgehead atoms. The van der Waals surface area contributed by atoms with Crippen LogP contribution in [0.2, 0.25) is 0 Å². The first-order chi connectivity index (χ1) is 24.9. The van der Waals surface area contributed by atoms with Gasteiger partial charge in [0.15, 0.2) is 5.78 Å². The molecule has 5 aromatic carbocycles. The van der Waals surface area contributed by atoms with Gasteiger partial charge in [-0.2, -0.15) is 0 Å². The molecule has 1 aliphatic carbocycles. The maximum atomic E-state index is 13.5. The highest BCUT2D eigenvalue weighted by Crippen LogP contribution is 2.44. The van der Waals surface area contributed by atoms with Gasteiger partial charge >= 0.3 is 12.1 Å². The summed E-state index contributed by atoms with van der Waals surface area (Å²) in [4.78, 5) is 43.0. The van der Waals surface area contributed by atoms with Crippen LogP contribution in [-0.2, 0) is 26.3 Å². The number of imidazole rings is 1. The van der Waals surface area contributed by atoms with Gasteiger partial charge in [0.2, 0.25) is 0 Å². The van der Waals surface area contributed by atoms with Crippen LogP contribution in [0.3, 0.4) is 0 Å². The molecular weight excluding hydrogens is 638 g/mol. The summed E-state index contributed by atoms with van der Waals surface area (Å²) in [5, 5.41) is 12.1. The first-order valence-electron chi connectivity index (χ1n) is 17.0. The number of benzene rings is 5. The number of aliphatic carboxylic acids is 1. The van der Waals surface area contributed by atoms with E-state index in [1.807, 2.05) is 102 Å². The Hall–Kier alpha value is -6.28. The number of aromatic nitrogens is 2. The Morgan fingerprint density at radius 3 is 1.71 bits per heavy atom. The Labute approximate surface area is 296 Å². The number of nitrogens with zero attached hydrogens (tertiary/aromatic N) is 2. The smallest absolute Gasteiger partial charge is 0.407 e. The fourth-order valence-corrected chi connectivity index (χ4v) is 7.28. The van der Waals surface area contributed by atoms with Crippen molar-refractivity contribution < 1.29 is 24.2 Å². The van der Waals surface area contributed by atoms with Crippen LogP contribution in [0.5, 0.6) is 0 Å². The number of fused-ring (bicyclic) bond motifs is 3. The lowest BCUT2D eigenvalue weighted by Crippen LogP contribution is -2.43. The molecule has 254 valence electrons. The molecule has 0 unspecified atom stereocenters. The van der Waals surface area contributed by atoms with E-state index >= 15 is 0 Å². The Balaban J connectivity index is 1.17. The van der Waals surface area contributed by atoms with Gasteiger partial charge in [0.25, 0.3) is 0 Å². The van der Waals surface area contributed by atoms with E-state index in [1.165, 1.54) is 0 Å². The number of ether oxygens (including phenoxy) is 1. The van der Waals surface area contributed by atoms with Gasteiger partial charge in [-0.05, 0) is 38.9 Å². The highest BCUT2D eigenvalue weighted by molar-refractivity contribution is 5.89. The van der Waals surface area contributed by atoms with E-state index in [0.29, 0.717) is 5.69 Å². The minimum atomic E-state index is -1.09. The zero-order valence-electron chi connectivity index (χ0n) is 27.9. The molecule has 0 saturated carbocycles. The Bertz CT molecular complexity index is 2000. The van der Waals surface area contributed by atoms with E-state index < -0.39 is 29.4 Å². The number of hydrogen-bond donors (Lipinski definition) is 2. The third kappa shape index (κ3) is 6.68. The molecule has 0 radical (unpaired) electrons. The van der Waals surface area contributed by atoms with E-state index in [2.05, 4.69) is 53.8 Å². The minimum absolute atomic E-state index is 0.0457. The second-order valence-corrected chi connectivity index (χ2v) is 12.7. The van der Waals surface area contributed by atoms with Gasteiger partial charge in [-0.1, -0.05) is 140 Å². The van der Waals surface area contributed by atoms with Crippen molar-refractivity contribution in [3.63, 3.8) is 0 Å². The van der Waals surface area contributed by atoms with Gasteiger partial charge in [0.1, 0.15) is 12.1 Å². The number of carboxylic acid groups (broad SMARTS) is 1. The Morgan fingerprint density at radius 2 is 1.20 bits per heavy atom. The Kier molecular flexibility index (Phi) is 9.57. The van der Waals surface area contributed by atoms with Crippen molar-refractivity contribution in [2.24, 2.45) is 0 Å². The lowest BCUT2D eigenvalue weighted by Gasteiger charge is -2.37. The summed E-state index contributed by atoms with van der Waals surface area (Å²) in [6.07, 6.45) is 2.33. The third-order valence-electron chi connectivity index (χ3n) is 9.62. The summed E-state index contributed by atoms with van der Waals surface area (Å²) in [6, 6.07) is 45.5. The second-order valence-electron chi connectivity index (χ2n) is 12.7. The summed E-state index contributed by atoms with van der Waals surface area (Å²) in [6.45, 7) is 0.0816. The maximum Gasteiger partial charge on any atom is 0.407 e. The molecule has 2 N–H and O–H groups in total. The number of carboxylic acids is 1. The van der Waals surface area contributed by atoms with Crippen molar-refractivity contribution in [2.75, 3.05) is 6.61 Å². The van der Waals surface area contributed by atoms with E-state index in [9.17, 15) is 19.5 Å². The predicted molar refractivity (Wildman–Crippen MR) is 194 cm³/mol. The van der Waals surface area contributed by atoms with Gasteiger partial charge in [-0.25, -0.2) is 9.78 Å². The molecule has 0 fully saturated rings. The number of hydrogen-bond acceptors (Lipinski definition) is 5. The molecule has 1 aromatic heterocycles. The molecule has 1 aliphatic rings. The zero-order chi connectivity index (χ0) is 35.2. The summed E-state index contributed by atoms with van der Waals surface area (Å²) < 4.78 is 7.81. The third-order valence-corrected chi connectivity index (χ3v) is 9.62. The molecule has 0 spiro atoms. The first kappa shape index (κ1) is 33.2. The molecule has 0 aliphatic heterocycles. The number of rotatable bonds is 13. The van der Waals surface area contributed by atoms with Crippen LogP contribution in [-0.4, -0.2) is 45.2 Å². The fraction of sp³-hybridized carbons (Fsp3) is 0.163. The normalized spacial score (nSPS) is 12.8. The standard InChI is InChI=1S/C43H37N3O5/c47-40(24-25-41(48)49)39(45-42(50)51-28-38-36-22-12-10-20-34(36)35-21-11-13-23-37(35)38)26-33-27-46(29-44-33)43(30-14-4-1-5-15-30,31-16-6-2-7-17-31)32-18-8-3-9-19-32/h1-23,27,29,38-39H,24-26,28H2,(H,45,50)(H,48,49)/t39-/m0/s1. The van der Waals surface area contributed by atoms with Crippen LogP contribution in [0.1, 0.15) is 52.3 Å². The molecule has 8 nitrogen and oxygen atoms in total. The average molecular weight is 676 g/mol. The van der Waals surface area contributed by atoms with E-state index in [-0.39, 0.29) is 31.8 Å². The molecule has 1 heterocycles. The molecule has 6 aromatic rings. The maximum absolute atomic E-state index is 13.5. The highest BCUT2D eigenvalue weighted by Gasteiger charge is 2.39. The van der Waals surface area contributed by atoms with E-state index in [4.69, 9.17) is 9.72 Å². The van der Waals surface area contributed by atoms with Gasteiger partial charge in [-0.3, -0.25) is 9.59 Å². The lowest BCUT2D eigenvalue weighted by atomic mass is 9.77. The van der Waals surface area contributed by atoms with Crippen molar-refractivity contribution in [3.8, 4) is 11.1 Å². The van der Waals surface area contributed by atoms with Crippen molar-refractivity contribution in [2.45, 2.75) is 36.8 Å². The predicted octanol–water partition coefficient (Wildman–Crippen LogP) is 7.61. The topological polar surface area (TPSA) is 111 Å². The molecule has 1 amide bonds. The van der Waals surface area contributed by atoms with E-state index in [1.54, 1.807) is 6.33 Å². The van der Waals surface area contributed by atoms with Crippen LogP contribution >= 0.6 is 0 Å². The Morgan fingerprint density at radius 1 is 0.706 bits per heavy atom. The fourth-order valence-electron chi connectivity index (χ4n) is 7.28. The molecule has 7 rings (SSSR count). The second kappa shape index (κ2) is 14.7. The van der Waals surface area contributed by atoms with Crippen molar-refractivity contribution in [1.29, 1.82) is 0 Å². The van der Waals surface area contributed by atoms with Crippen molar-refractivity contribution in [1.82, 2.24) is 14.9 Å². The summed E-state index contributed by atoms with van der Waals surface area (Å²) in [7, 11) is 0. The summed E-state index contributed by atoms with van der Waals surface area (Å²) in [5.74, 6) is -1.66. The lowest BCUT2D eigenvalue weighted by molar-refractivity contribution is -0.138. The largest absolute Gasteiger partial charge is 0.481 e. The van der Waals surface area contributed by atoms with Crippen molar-refractivity contribution in [3.05, 3.63) is 186 Å². The van der Waals surface area contributed by atoms with Crippen LogP contribution in [0.4, 0.5) is 4.79 Å². The number of alkyl carbamates (subject to hydrolysis) is 1. The number of amides is 1. The van der Waals surface area contributed by atoms with Crippen LogP contribution < -0.4 is 5.32 Å². The monoisotopic (exact) mass is 675 g/mol. The van der Waals surface area contributed by atoms with Crippen molar-refractivity contribution >= 4 is 17.8 Å². The first-order valence-corrected chi connectivity index (χ1v) is 17.0. The zero-order valence-corrected chi connectivity index (χ0v) is 27.9. The van der Waals surface area contributed by atoms with Crippen LogP contribution in [0.25, 0.3) is 11.1 Å². The summed E-state index contributed by atoms with van der Waals surface area (Å²) >= 11 is 0. The number of carbonyl (C=O) groups excluding carboxylic acids is 2. The SMILES string of the molecule is O=C(O)CCC(=O)[C@H](Cc1cn(C(c2ccccc2)(c2ccccc2)c2ccccc2)cn1)NC(=O)OCC1c2ccccc2-c2ccccc21. The van der Waals surface area contributed by atoms with Gasteiger partial charge < -0.3 is 19.7 Å². The quantitative estimate of drug-likeness (QED) is 0.122. The average Bonchev–Trinajstić information content (AvgIpc) is 3.77. The minimum Gasteiger partial charge on any atom is -0.481 e. The molecule has 51 heavy (non-hydrogen) atoms. The molecular formula is C43H37N3O5. The highest BCUT2D eigenvalue weighted by atomic mass is 16.5. The number of Topliss-reactive ketones (excluding diaryl/α,β-unsaturated/α-hetero) is 1. The van der Waals surface area contributed by atoms with Gasteiger partial charge in [0.05, 0.1) is 24.5 Å². The molecule has 1 atom stereocenters.